The molecule has 1 heterocycles. The summed E-state index contributed by atoms with van der Waals surface area (Å²) in [5.74, 6) is -0.154. The highest BCUT2D eigenvalue weighted by atomic mass is 19.1. The van der Waals surface area contributed by atoms with Gasteiger partial charge in [0.05, 0.1) is 26.2 Å². The predicted molar refractivity (Wildman–Crippen MR) is 88.9 cm³/mol. The summed E-state index contributed by atoms with van der Waals surface area (Å²) in [5, 5.41) is 0. The van der Waals surface area contributed by atoms with Crippen LogP contribution < -0.4 is 9.80 Å². The van der Waals surface area contributed by atoms with Crippen LogP contribution in [0.4, 0.5) is 10.1 Å². The van der Waals surface area contributed by atoms with Crippen LogP contribution in [0, 0.1) is 19.7 Å². The molecule has 1 saturated heterocycles. The Morgan fingerprint density at radius 3 is 2.36 bits per heavy atom. The molecular formula is C19H24FN2+. The summed E-state index contributed by atoms with van der Waals surface area (Å²) in [6.07, 6.45) is 0. The van der Waals surface area contributed by atoms with E-state index in [1.165, 1.54) is 22.4 Å². The maximum atomic E-state index is 13.0. The molecule has 1 fully saturated rings. The molecule has 0 atom stereocenters. The van der Waals surface area contributed by atoms with E-state index in [9.17, 15) is 4.39 Å². The van der Waals surface area contributed by atoms with Crippen molar-refractivity contribution in [1.29, 1.82) is 0 Å². The van der Waals surface area contributed by atoms with Gasteiger partial charge in [-0.3, -0.25) is 0 Å². The normalized spacial score (nSPS) is 16.0. The van der Waals surface area contributed by atoms with Gasteiger partial charge in [0.25, 0.3) is 0 Å². The van der Waals surface area contributed by atoms with Crippen LogP contribution in [0.3, 0.4) is 0 Å². The summed E-state index contributed by atoms with van der Waals surface area (Å²) in [4.78, 5) is 4.07. The van der Waals surface area contributed by atoms with E-state index in [1.807, 2.05) is 12.1 Å². The number of aryl methyl sites for hydroxylation is 2. The molecule has 2 aromatic carbocycles. The molecule has 1 aliphatic rings. The second kappa shape index (κ2) is 6.49. The zero-order valence-corrected chi connectivity index (χ0v) is 13.4. The van der Waals surface area contributed by atoms with Crippen molar-refractivity contribution in [2.24, 2.45) is 0 Å². The number of piperazine rings is 1. The fourth-order valence-electron chi connectivity index (χ4n) is 3.19. The number of nitrogens with zero attached hydrogens (tertiary/aromatic N) is 1. The van der Waals surface area contributed by atoms with E-state index in [4.69, 9.17) is 0 Å². The van der Waals surface area contributed by atoms with Gasteiger partial charge in [-0.2, -0.15) is 0 Å². The van der Waals surface area contributed by atoms with Crippen LogP contribution in [0.2, 0.25) is 0 Å². The minimum atomic E-state index is -0.154. The molecule has 0 amide bonds. The Hall–Kier alpha value is -1.87. The van der Waals surface area contributed by atoms with E-state index in [-0.39, 0.29) is 5.82 Å². The first-order valence-electron chi connectivity index (χ1n) is 8.02. The number of hydrogen-bond donors (Lipinski definition) is 1. The monoisotopic (exact) mass is 299 g/mol. The van der Waals surface area contributed by atoms with Crippen molar-refractivity contribution in [2.75, 3.05) is 31.1 Å². The first-order chi connectivity index (χ1) is 10.6. The second-order valence-corrected chi connectivity index (χ2v) is 6.33. The van der Waals surface area contributed by atoms with Crippen LogP contribution in [0.5, 0.6) is 0 Å². The minimum absolute atomic E-state index is 0.154. The Morgan fingerprint density at radius 1 is 1.00 bits per heavy atom. The van der Waals surface area contributed by atoms with Crippen LogP contribution in [0.15, 0.2) is 42.5 Å². The van der Waals surface area contributed by atoms with Crippen molar-refractivity contribution in [1.82, 2.24) is 0 Å². The third-order valence-electron chi connectivity index (χ3n) is 4.54. The van der Waals surface area contributed by atoms with Gasteiger partial charge in [-0.1, -0.05) is 24.3 Å². The van der Waals surface area contributed by atoms with Crippen LogP contribution in [-0.2, 0) is 6.54 Å². The molecule has 22 heavy (non-hydrogen) atoms. The van der Waals surface area contributed by atoms with E-state index in [0.29, 0.717) is 0 Å². The number of benzene rings is 2. The van der Waals surface area contributed by atoms with E-state index < -0.39 is 0 Å². The number of anilines is 1. The second-order valence-electron chi connectivity index (χ2n) is 6.33. The van der Waals surface area contributed by atoms with Crippen molar-refractivity contribution < 1.29 is 9.29 Å². The minimum Gasteiger partial charge on any atom is -0.360 e. The fraction of sp³-hybridized carbons (Fsp3) is 0.368. The number of rotatable bonds is 3. The molecule has 0 unspecified atom stereocenters. The highest BCUT2D eigenvalue weighted by Crippen LogP contribution is 2.21. The molecule has 0 aliphatic carbocycles. The largest absolute Gasteiger partial charge is 0.360 e. The van der Waals surface area contributed by atoms with Gasteiger partial charge in [0.2, 0.25) is 0 Å². The van der Waals surface area contributed by atoms with Gasteiger partial charge in [0.1, 0.15) is 12.4 Å². The molecule has 1 N–H and O–H groups in total. The molecule has 0 aromatic heterocycles. The zero-order valence-electron chi connectivity index (χ0n) is 13.4. The van der Waals surface area contributed by atoms with E-state index in [0.717, 1.165) is 32.7 Å². The van der Waals surface area contributed by atoms with Crippen molar-refractivity contribution in [3.05, 3.63) is 65.0 Å². The molecule has 3 heteroatoms. The average molecular weight is 299 g/mol. The number of nitrogens with one attached hydrogen (secondary N) is 1. The number of halogens is 1. The molecule has 0 radical (unpaired) electrons. The average Bonchev–Trinajstić information content (AvgIpc) is 2.53. The summed E-state index contributed by atoms with van der Waals surface area (Å²) >= 11 is 0. The molecule has 116 valence electrons. The highest BCUT2D eigenvalue weighted by molar-refractivity contribution is 5.55. The van der Waals surface area contributed by atoms with E-state index in [2.05, 4.69) is 36.9 Å². The lowest BCUT2D eigenvalue weighted by atomic mass is 10.1. The first kappa shape index (κ1) is 15.0. The lowest BCUT2D eigenvalue weighted by Gasteiger charge is -2.34. The first-order valence-corrected chi connectivity index (χ1v) is 8.02. The van der Waals surface area contributed by atoms with Gasteiger partial charge < -0.3 is 9.80 Å². The number of hydrogen-bond acceptors (Lipinski definition) is 1. The summed E-state index contributed by atoms with van der Waals surface area (Å²) in [6.45, 7) is 9.75. The smallest absolute Gasteiger partial charge is 0.123 e. The Labute approximate surface area is 132 Å². The topological polar surface area (TPSA) is 7.68 Å². The van der Waals surface area contributed by atoms with Gasteiger partial charge in [-0.15, -0.1) is 0 Å². The molecule has 2 nitrogen and oxygen atoms in total. The van der Waals surface area contributed by atoms with Crippen LogP contribution in [0.1, 0.15) is 16.7 Å². The Balaban J connectivity index is 1.60. The maximum absolute atomic E-state index is 13.0. The summed E-state index contributed by atoms with van der Waals surface area (Å²) in [6, 6.07) is 13.6. The zero-order chi connectivity index (χ0) is 15.5. The molecule has 3 rings (SSSR count). The third-order valence-corrected chi connectivity index (χ3v) is 4.54. The fourth-order valence-corrected chi connectivity index (χ4v) is 3.19. The highest BCUT2D eigenvalue weighted by Gasteiger charge is 2.21. The SMILES string of the molecule is Cc1ccc(C)c(N2CC[NH+](Cc3ccc(F)cc3)CC2)c1. The van der Waals surface area contributed by atoms with Crippen molar-refractivity contribution >= 4 is 5.69 Å². The van der Waals surface area contributed by atoms with Crippen LogP contribution in [-0.4, -0.2) is 26.2 Å². The molecule has 1 aliphatic heterocycles. The quantitative estimate of drug-likeness (QED) is 0.914. The van der Waals surface area contributed by atoms with Crippen molar-refractivity contribution in [2.45, 2.75) is 20.4 Å². The molecule has 2 aromatic rings. The summed E-state index contributed by atoms with van der Waals surface area (Å²) in [5.41, 5.74) is 5.27. The summed E-state index contributed by atoms with van der Waals surface area (Å²) < 4.78 is 13.0. The molecule has 0 bridgehead atoms. The van der Waals surface area contributed by atoms with Crippen molar-refractivity contribution in [3.63, 3.8) is 0 Å². The van der Waals surface area contributed by atoms with Crippen molar-refractivity contribution in [3.8, 4) is 0 Å². The van der Waals surface area contributed by atoms with Gasteiger partial charge in [0, 0.05) is 11.3 Å². The van der Waals surface area contributed by atoms with Gasteiger partial charge in [-0.25, -0.2) is 4.39 Å². The maximum Gasteiger partial charge on any atom is 0.123 e. The predicted octanol–water partition coefficient (Wildman–Crippen LogP) is 2.35. The Morgan fingerprint density at radius 2 is 1.68 bits per heavy atom. The standard InChI is InChI=1S/C19H23FN2/c1-15-3-4-16(2)19(13-15)22-11-9-21(10-12-22)14-17-5-7-18(20)8-6-17/h3-8,13H,9-12,14H2,1-2H3/p+1. The summed E-state index contributed by atoms with van der Waals surface area (Å²) in [7, 11) is 0. The Kier molecular flexibility index (Phi) is 4.44. The lowest BCUT2D eigenvalue weighted by molar-refractivity contribution is -0.914. The van der Waals surface area contributed by atoms with Gasteiger partial charge in [-0.05, 0) is 43.2 Å². The molecular weight excluding hydrogens is 275 g/mol. The number of quaternary nitrogens is 1. The van der Waals surface area contributed by atoms with Gasteiger partial charge >= 0.3 is 0 Å². The van der Waals surface area contributed by atoms with Gasteiger partial charge in [0.15, 0.2) is 0 Å². The Bertz CT molecular complexity index is 628. The molecule has 0 saturated carbocycles. The van der Waals surface area contributed by atoms with E-state index in [1.54, 1.807) is 17.0 Å². The van der Waals surface area contributed by atoms with Crippen LogP contribution >= 0.6 is 0 Å². The molecule has 0 spiro atoms. The van der Waals surface area contributed by atoms with E-state index >= 15 is 0 Å². The third kappa shape index (κ3) is 3.47. The lowest BCUT2D eigenvalue weighted by Crippen LogP contribution is -3.13. The van der Waals surface area contributed by atoms with Crippen LogP contribution in [0.25, 0.3) is 0 Å².